The maximum Gasteiger partial charge on any atom is 0.186 e. The quantitative estimate of drug-likeness (QED) is 0.185. The standard InChI is InChI=1S/C26H18O.C13H12.C5H8/c1-17-9-8-15-23-25(17)20-12-3-6-14-22(20)26(23)21-13-5-2-10-18(21)19-11-4-7-16-24(19)27-26;1-11-7-9-13(10-8-11)12-5-3-2-4-6-12;1-4-5(2)3/h2-16H,1H3;2-10H,1H3;4H,1-2H2,3H3. The van der Waals surface area contributed by atoms with Crippen LogP contribution >= 0.6 is 0 Å². The lowest BCUT2D eigenvalue weighted by molar-refractivity contribution is 0.157. The topological polar surface area (TPSA) is 9.23 Å². The van der Waals surface area contributed by atoms with Crippen molar-refractivity contribution in [1.29, 1.82) is 0 Å². The van der Waals surface area contributed by atoms with Gasteiger partial charge < -0.3 is 4.74 Å². The van der Waals surface area contributed by atoms with E-state index >= 15 is 0 Å². The number of ether oxygens (including phenoxy) is 1. The third kappa shape index (κ3) is 5.54. The van der Waals surface area contributed by atoms with Crippen molar-refractivity contribution in [3.63, 3.8) is 0 Å². The average Bonchev–Trinajstić information content (AvgIpc) is 3.37. The highest BCUT2D eigenvalue weighted by molar-refractivity contribution is 5.89. The second-order valence-electron chi connectivity index (χ2n) is 11.7. The largest absolute Gasteiger partial charge is 0.472 e. The van der Waals surface area contributed by atoms with E-state index in [-0.39, 0.29) is 0 Å². The first-order valence-electron chi connectivity index (χ1n) is 15.4. The zero-order chi connectivity index (χ0) is 31.4. The predicted molar refractivity (Wildman–Crippen MR) is 191 cm³/mol. The Morgan fingerprint density at radius 2 is 1.07 bits per heavy atom. The predicted octanol–water partition coefficient (Wildman–Crippen LogP) is 11.7. The Morgan fingerprint density at radius 1 is 0.556 bits per heavy atom. The Balaban J connectivity index is 0.000000165. The van der Waals surface area contributed by atoms with Gasteiger partial charge in [0.05, 0.1) is 0 Å². The summed E-state index contributed by atoms with van der Waals surface area (Å²) < 4.78 is 6.91. The van der Waals surface area contributed by atoms with Gasteiger partial charge in [-0.25, -0.2) is 0 Å². The Morgan fingerprint density at radius 3 is 1.73 bits per heavy atom. The van der Waals surface area contributed by atoms with E-state index in [1.165, 1.54) is 55.6 Å². The maximum atomic E-state index is 6.91. The molecule has 1 unspecified atom stereocenters. The summed E-state index contributed by atoms with van der Waals surface area (Å²) in [6.07, 6.45) is 1.72. The van der Waals surface area contributed by atoms with Crippen LogP contribution in [0.3, 0.4) is 0 Å². The van der Waals surface area contributed by atoms with Crippen LogP contribution in [-0.4, -0.2) is 0 Å². The molecule has 220 valence electrons. The molecule has 45 heavy (non-hydrogen) atoms. The Kier molecular flexibility index (Phi) is 8.36. The molecule has 0 bridgehead atoms. The molecule has 6 aromatic rings. The van der Waals surface area contributed by atoms with E-state index in [0.717, 1.165) is 16.9 Å². The molecule has 1 spiro atoms. The van der Waals surface area contributed by atoms with E-state index in [1.807, 2.05) is 13.0 Å². The molecule has 0 aromatic heterocycles. The van der Waals surface area contributed by atoms with Crippen molar-refractivity contribution >= 4 is 0 Å². The van der Waals surface area contributed by atoms with Crippen molar-refractivity contribution in [1.82, 2.24) is 0 Å². The van der Waals surface area contributed by atoms with Crippen LogP contribution in [0, 0.1) is 13.8 Å². The van der Waals surface area contributed by atoms with Gasteiger partial charge in [-0.15, -0.1) is 0 Å². The van der Waals surface area contributed by atoms with Gasteiger partial charge in [0.25, 0.3) is 0 Å². The molecule has 0 N–H and O–H groups in total. The minimum Gasteiger partial charge on any atom is -0.472 e. The molecular formula is C44H38O. The van der Waals surface area contributed by atoms with Gasteiger partial charge in [-0.2, -0.15) is 0 Å². The van der Waals surface area contributed by atoms with Crippen molar-refractivity contribution in [3.05, 3.63) is 198 Å². The molecule has 0 amide bonds. The highest BCUT2D eigenvalue weighted by atomic mass is 16.5. The van der Waals surface area contributed by atoms with Crippen LogP contribution in [0.5, 0.6) is 5.75 Å². The van der Waals surface area contributed by atoms with E-state index in [4.69, 9.17) is 4.74 Å². The van der Waals surface area contributed by atoms with Crippen molar-refractivity contribution < 1.29 is 4.74 Å². The number of hydrogen-bond donors (Lipinski definition) is 0. The molecule has 1 heterocycles. The minimum atomic E-state index is -0.594. The number of aryl methyl sites for hydroxylation is 2. The van der Waals surface area contributed by atoms with E-state index in [9.17, 15) is 0 Å². The Labute approximate surface area is 267 Å². The molecule has 8 rings (SSSR count). The second kappa shape index (κ2) is 12.7. The van der Waals surface area contributed by atoms with Gasteiger partial charge in [-0.05, 0) is 60.2 Å². The fourth-order valence-electron chi connectivity index (χ4n) is 6.27. The first-order chi connectivity index (χ1) is 21.9. The Bertz CT molecular complexity index is 1980. The molecule has 1 atom stereocenters. The number of hydrogen-bond acceptors (Lipinski definition) is 1. The van der Waals surface area contributed by atoms with Gasteiger partial charge >= 0.3 is 0 Å². The molecule has 1 nitrogen and oxygen atoms in total. The van der Waals surface area contributed by atoms with Crippen LogP contribution in [0.1, 0.15) is 34.7 Å². The van der Waals surface area contributed by atoms with Gasteiger partial charge in [0, 0.05) is 22.3 Å². The highest BCUT2D eigenvalue weighted by Gasteiger charge is 2.50. The van der Waals surface area contributed by atoms with E-state index in [2.05, 4.69) is 167 Å². The average molecular weight is 583 g/mol. The summed E-state index contributed by atoms with van der Waals surface area (Å²) in [6.45, 7) is 13.2. The molecule has 0 saturated carbocycles. The van der Waals surface area contributed by atoms with Crippen LogP contribution in [0.25, 0.3) is 33.4 Å². The Hall–Kier alpha value is -5.40. The molecule has 1 aliphatic heterocycles. The number of benzene rings is 6. The summed E-state index contributed by atoms with van der Waals surface area (Å²) in [5, 5.41) is 0. The normalized spacial score (nSPS) is 14.6. The van der Waals surface area contributed by atoms with Gasteiger partial charge in [-0.1, -0.05) is 170 Å². The summed E-state index contributed by atoms with van der Waals surface area (Å²) >= 11 is 0. The van der Waals surface area contributed by atoms with Crippen molar-refractivity contribution in [2.24, 2.45) is 0 Å². The van der Waals surface area contributed by atoms with Crippen molar-refractivity contribution in [3.8, 4) is 39.1 Å². The van der Waals surface area contributed by atoms with Crippen LogP contribution in [0.2, 0.25) is 0 Å². The van der Waals surface area contributed by atoms with E-state index in [1.54, 1.807) is 6.08 Å². The molecular weight excluding hydrogens is 544 g/mol. The van der Waals surface area contributed by atoms with Crippen LogP contribution in [0.15, 0.2) is 170 Å². The molecule has 0 saturated heterocycles. The summed E-state index contributed by atoms with van der Waals surface area (Å²) in [7, 11) is 0. The molecule has 1 heteroatoms. The van der Waals surface area contributed by atoms with E-state index in [0.29, 0.717) is 0 Å². The molecule has 0 fully saturated rings. The van der Waals surface area contributed by atoms with Gasteiger partial charge in [0.2, 0.25) is 0 Å². The smallest absolute Gasteiger partial charge is 0.186 e. The molecule has 6 aromatic carbocycles. The van der Waals surface area contributed by atoms with E-state index < -0.39 is 5.60 Å². The fourth-order valence-corrected chi connectivity index (χ4v) is 6.27. The second-order valence-corrected chi connectivity index (χ2v) is 11.7. The number of fused-ring (bicyclic) bond motifs is 9. The SMILES string of the molecule is C=CC(=C)C.Cc1ccc(-c2ccccc2)cc1.Cc1cccc2c1-c1ccccc1C21Oc2ccccc2-c2ccccc21. The monoisotopic (exact) mass is 582 g/mol. The first-order valence-corrected chi connectivity index (χ1v) is 15.4. The zero-order valence-corrected chi connectivity index (χ0v) is 26.3. The zero-order valence-electron chi connectivity index (χ0n) is 26.3. The summed E-state index contributed by atoms with van der Waals surface area (Å²) in [5.74, 6) is 0.945. The molecule has 0 radical (unpaired) electrons. The van der Waals surface area contributed by atoms with Gasteiger partial charge in [0.1, 0.15) is 5.75 Å². The highest BCUT2D eigenvalue weighted by Crippen LogP contribution is 2.58. The molecule has 2 aliphatic rings. The number of para-hydroxylation sites is 1. The summed E-state index contributed by atoms with van der Waals surface area (Å²) in [4.78, 5) is 0. The third-order valence-corrected chi connectivity index (χ3v) is 8.48. The minimum absolute atomic E-state index is 0.594. The van der Waals surface area contributed by atoms with Gasteiger partial charge in [-0.3, -0.25) is 0 Å². The summed E-state index contributed by atoms with van der Waals surface area (Å²) in [5.41, 5.74) is 14.3. The third-order valence-electron chi connectivity index (χ3n) is 8.48. The van der Waals surface area contributed by atoms with Crippen molar-refractivity contribution in [2.45, 2.75) is 26.4 Å². The van der Waals surface area contributed by atoms with Crippen molar-refractivity contribution in [2.75, 3.05) is 0 Å². The summed E-state index contributed by atoms with van der Waals surface area (Å²) in [6, 6.07) is 51.3. The fraction of sp³-hybridized carbons (Fsp3) is 0.0909. The lowest BCUT2D eigenvalue weighted by Crippen LogP contribution is -2.36. The number of allylic oxidation sites excluding steroid dienone is 2. The van der Waals surface area contributed by atoms with Gasteiger partial charge in [0.15, 0.2) is 5.60 Å². The number of rotatable bonds is 2. The lowest BCUT2D eigenvalue weighted by atomic mass is 9.78. The van der Waals surface area contributed by atoms with Crippen LogP contribution in [-0.2, 0) is 5.60 Å². The van der Waals surface area contributed by atoms with Crippen LogP contribution in [0.4, 0.5) is 0 Å². The lowest BCUT2D eigenvalue weighted by Gasteiger charge is -2.39. The molecule has 1 aliphatic carbocycles. The van der Waals surface area contributed by atoms with Crippen LogP contribution < -0.4 is 4.74 Å². The first kappa shape index (κ1) is 29.7. The maximum absolute atomic E-state index is 6.91.